The Labute approximate surface area is 122 Å². The SMILES string of the molecule is CCC(OC1CCCC(C)C1)C(=O)NN1CCOCC1. The summed E-state index contributed by atoms with van der Waals surface area (Å²) in [6.07, 6.45) is 5.32. The molecule has 116 valence electrons. The summed E-state index contributed by atoms with van der Waals surface area (Å²) in [5.41, 5.74) is 2.96. The third kappa shape index (κ3) is 4.72. The molecule has 1 amide bonds. The maximum absolute atomic E-state index is 12.3. The van der Waals surface area contributed by atoms with E-state index in [2.05, 4.69) is 12.3 Å². The molecule has 1 saturated carbocycles. The first-order valence-electron chi connectivity index (χ1n) is 7.97. The van der Waals surface area contributed by atoms with Crippen molar-refractivity contribution in [2.75, 3.05) is 26.3 Å². The van der Waals surface area contributed by atoms with E-state index in [1.807, 2.05) is 11.9 Å². The molecule has 0 aromatic carbocycles. The minimum Gasteiger partial charge on any atom is -0.379 e. The third-order valence-corrected chi connectivity index (χ3v) is 4.19. The van der Waals surface area contributed by atoms with Crippen LogP contribution in [0, 0.1) is 5.92 Å². The van der Waals surface area contributed by atoms with Crippen LogP contribution in [0.1, 0.15) is 46.0 Å². The van der Waals surface area contributed by atoms with E-state index in [0.717, 1.165) is 32.4 Å². The summed E-state index contributed by atoms with van der Waals surface area (Å²) in [6, 6.07) is 0. The van der Waals surface area contributed by atoms with Crippen molar-refractivity contribution in [3.63, 3.8) is 0 Å². The molecule has 2 fully saturated rings. The van der Waals surface area contributed by atoms with Gasteiger partial charge in [0.15, 0.2) is 0 Å². The van der Waals surface area contributed by atoms with Crippen molar-refractivity contribution in [1.29, 1.82) is 0 Å². The summed E-state index contributed by atoms with van der Waals surface area (Å²) < 4.78 is 11.3. The maximum Gasteiger partial charge on any atom is 0.263 e. The molecule has 1 aliphatic carbocycles. The normalized spacial score (nSPS) is 29.9. The van der Waals surface area contributed by atoms with Crippen LogP contribution in [0.25, 0.3) is 0 Å². The lowest BCUT2D eigenvalue weighted by atomic mass is 9.88. The number of nitrogens with zero attached hydrogens (tertiary/aromatic N) is 1. The Morgan fingerprint density at radius 3 is 2.80 bits per heavy atom. The Hall–Kier alpha value is -0.650. The second kappa shape index (κ2) is 7.96. The topological polar surface area (TPSA) is 50.8 Å². The van der Waals surface area contributed by atoms with Crippen molar-refractivity contribution in [1.82, 2.24) is 10.4 Å². The van der Waals surface area contributed by atoms with Crippen LogP contribution in [0.5, 0.6) is 0 Å². The highest BCUT2D eigenvalue weighted by molar-refractivity contribution is 5.80. The van der Waals surface area contributed by atoms with Crippen molar-refractivity contribution in [2.45, 2.75) is 58.2 Å². The monoisotopic (exact) mass is 284 g/mol. The molecule has 0 spiro atoms. The van der Waals surface area contributed by atoms with Gasteiger partial charge in [-0.05, 0) is 25.2 Å². The lowest BCUT2D eigenvalue weighted by molar-refractivity contribution is -0.145. The lowest BCUT2D eigenvalue weighted by Gasteiger charge is -2.32. The molecule has 2 aliphatic rings. The van der Waals surface area contributed by atoms with Crippen LogP contribution in [-0.2, 0) is 14.3 Å². The number of hydrazine groups is 1. The van der Waals surface area contributed by atoms with Crippen molar-refractivity contribution in [2.24, 2.45) is 5.92 Å². The number of ether oxygens (including phenoxy) is 2. The first-order valence-corrected chi connectivity index (χ1v) is 7.97. The van der Waals surface area contributed by atoms with Crippen molar-refractivity contribution >= 4 is 5.91 Å². The minimum atomic E-state index is -0.326. The first kappa shape index (κ1) is 15.7. The Morgan fingerprint density at radius 1 is 1.40 bits per heavy atom. The quantitative estimate of drug-likeness (QED) is 0.835. The Kier molecular flexibility index (Phi) is 6.26. The summed E-state index contributed by atoms with van der Waals surface area (Å²) in [4.78, 5) is 12.3. The average Bonchev–Trinajstić information content (AvgIpc) is 2.46. The fourth-order valence-corrected chi connectivity index (χ4v) is 2.98. The van der Waals surface area contributed by atoms with Gasteiger partial charge >= 0.3 is 0 Å². The van der Waals surface area contributed by atoms with Gasteiger partial charge in [-0.2, -0.15) is 0 Å². The molecule has 3 unspecified atom stereocenters. The zero-order valence-corrected chi connectivity index (χ0v) is 12.8. The smallest absolute Gasteiger partial charge is 0.263 e. The van der Waals surface area contributed by atoms with Crippen LogP contribution in [0.15, 0.2) is 0 Å². The molecule has 1 N–H and O–H groups in total. The van der Waals surface area contributed by atoms with Gasteiger partial charge in [0.2, 0.25) is 0 Å². The van der Waals surface area contributed by atoms with E-state index < -0.39 is 0 Å². The Morgan fingerprint density at radius 2 is 2.15 bits per heavy atom. The summed E-state index contributed by atoms with van der Waals surface area (Å²) in [5.74, 6) is 0.709. The fraction of sp³-hybridized carbons (Fsp3) is 0.933. The molecule has 0 bridgehead atoms. The number of nitrogens with one attached hydrogen (secondary N) is 1. The van der Waals surface area contributed by atoms with Crippen LogP contribution < -0.4 is 5.43 Å². The molecule has 1 saturated heterocycles. The summed E-state index contributed by atoms with van der Waals surface area (Å²) in [7, 11) is 0. The van der Waals surface area contributed by atoms with E-state index in [0.29, 0.717) is 19.1 Å². The lowest BCUT2D eigenvalue weighted by Crippen LogP contribution is -2.52. The van der Waals surface area contributed by atoms with Crippen LogP contribution in [-0.4, -0.2) is 49.4 Å². The molecular formula is C15H28N2O3. The zero-order valence-electron chi connectivity index (χ0n) is 12.8. The van der Waals surface area contributed by atoms with Gasteiger partial charge in [0, 0.05) is 13.1 Å². The number of carbonyl (C=O) groups is 1. The predicted octanol–water partition coefficient (Wildman–Crippen LogP) is 1.72. The van der Waals surface area contributed by atoms with Gasteiger partial charge in [-0.15, -0.1) is 0 Å². The van der Waals surface area contributed by atoms with Gasteiger partial charge in [-0.25, -0.2) is 5.01 Å². The number of carbonyl (C=O) groups excluding carboxylic acids is 1. The number of rotatable bonds is 5. The summed E-state index contributed by atoms with van der Waals surface area (Å²) in [5, 5.41) is 1.93. The van der Waals surface area contributed by atoms with Gasteiger partial charge in [-0.3, -0.25) is 10.2 Å². The van der Waals surface area contributed by atoms with Crippen molar-refractivity contribution < 1.29 is 14.3 Å². The van der Waals surface area contributed by atoms with Crippen LogP contribution in [0.4, 0.5) is 0 Å². The van der Waals surface area contributed by atoms with Crippen LogP contribution in [0.3, 0.4) is 0 Å². The number of morpholine rings is 1. The van der Waals surface area contributed by atoms with Gasteiger partial charge in [-0.1, -0.05) is 26.7 Å². The van der Waals surface area contributed by atoms with E-state index in [1.165, 1.54) is 12.8 Å². The Balaban J connectivity index is 1.78. The Bertz CT molecular complexity index is 305. The molecule has 5 heteroatoms. The van der Waals surface area contributed by atoms with E-state index in [-0.39, 0.29) is 18.1 Å². The highest BCUT2D eigenvalue weighted by Gasteiger charge is 2.27. The predicted molar refractivity (Wildman–Crippen MR) is 77.1 cm³/mol. The molecule has 0 aromatic heterocycles. The second-order valence-corrected chi connectivity index (χ2v) is 6.00. The third-order valence-electron chi connectivity index (χ3n) is 4.19. The second-order valence-electron chi connectivity index (χ2n) is 6.00. The molecule has 5 nitrogen and oxygen atoms in total. The summed E-state index contributed by atoms with van der Waals surface area (Å²) in [6.45, 7) is 7.14. The fourth-order valence-electron chi connectivity index (χ4n) is 2.98. The first-order chi connectivity index (χ1) is 9.69. The van der Waals surface area contributed by atoms with E-state index >= 15 is 0 Å². The number of hydrogen-bond donors (Lipinski definition) is 1. The minimum absolute atomic E-state index is 0.00683. The molecule has 3 atom stereocenters. The van der Waals surface area contributed by atoms with E-state index in [1.54, 1.807) is 0 Å². The van der Waals surface area contributed by atoms with Gasteiger partial charge < -0.3 is 9.47 Å². The molecule has 0 radical (unpaired) electrons. The molecular weight excluding hydrogens is 256 g/mol. The molecule has 20 heavy (non-hydrogen) atoms. The molecule has 2 rings (SSSR count). The number of amides is 1. The van der Waals surface area contributed by atoms with Crippen LogP contribution in [0.2, 0.25) is 0 Å². The van der Waals surface area contributed by atoms with E-state index in [9.17, 15) is 4.79 Å². The summed E-state index contributed by atoms with van der Waals surface area (Å²) >= 11 is 0. The van der Waals surface area contributed by atoms with Gasteiger partial charge in [0.25, 0.3) is 5.91 Å². The maximum atomic E-state index is 12.3. The van der Waals surface area contributed by atoms with Crippen molar-refractivity contribution in [3.05, 3.63) is 0 Å². The standard InChI is InChI=1S/C15H28N2O3/c1-3-14(20-13-6-4-5-12(2)11-13)15(18)16-17-7-9-19-10-8-17/h12-14H,3-11H2,1-2H3,(H,16,18). The van der Waals surface area contributed by atoms with Crippen molar-refractivity contribution in [3.8, 4) is 0 Å². The van der Waals surface area contributed by atoms with Crippen LogP contribution >= 0.6 is 0 Å². The van der Waals surface area contributed by atoms with Gasteiger partial charge in [0.1, 0.15) is 6.10 Å². The molecule has 0 aromatic rings. The zero-order chi connectivity index (χ0) is 14.4. The largest absolute Gasteiger partial charge is 0.379 e. The highest BCUT2D eigenvalue weighted by Crippen LogP contribution is 2.26. The van der Waals surface area contributed by atoms with E-state index in [4.69, 9.17) is 9.47 Å². The van der Waals surface area contributed by atoms with Gasteiger partial charge in [0.05, 0.1) is 19.3 Å². The average molecular weight is 284 g/mol. The highest BCUT2D eigenvalue weighted by atomic mass is 16.5. The molecule has 1 heterocycles. The number of hydrogen-bond acceptors (Lipinski definition) is 4. The molecule has 1 aliphatic heterocycles.